The lowest BCUT2D eigenvalue weighted by atomic mass is 10.0. The first-order chi connectivity index (χ1) is 13.2. The zero-order chi connectivity index (χ0) is 18.8. The van der Waals surface area contributed by atoms with Crippen molar-refractivity contribution < 1.29 is 4.79 Å². The molecule has 2 heterocycles. The van der Waals surface area contributed by atoms with E-state index in [-0.39, 0.29) is 11.9 Å². The normalized spacial score (nSPS) is 16.7. The number of carbonyl (C=O) groups excluding carboxylic acids is 1. The van der Waals surface area contributed by atoms with Crippen molar-refractivity contribution in [2.45, 2.75) is 39.3 Å². The third-order valence-corrected chi connectivity index (χ3v) is 5.41. The lowest BCUT2D eigenvalue weighted by Gasteiger charge is -2.25. The highest BCUT2D eigenvalue weighted by Gasteiger charge is 2.30. The van der Waals surface area contributed by atoms with Crippen LogP contribution in [-0.2, 0) is 6.54 Å². The van der Waals surface area contributed by atoms with Gasteiger partial charge in [-0.3, -0.25) is 9.48 Å². The molecule has 27 heavy (non-hydrogen) atoms. The van der Waals surface area contributed by atoms with Gasteiger partial charge in [0.2, 0.25) is 0 Å². The van der Waals surface area contributed by atoms with E-state index < -0.39 is 0 Å². The van der Waals surface area contributed by atoms with Crippen LogP contribution in [0.3, 0.4) is 0 Å². The van der Waals surface area contributed by atoms with Crippen LogP contribution in [0.4, 0.5) is 0 Å². The molecule has 0 radical (unpaired) electrons. The molecule has 1 saturated heterocycles. The van der Waals surface area contributed by atoms with E-state index in [4.69, 9.17) is 0 Å². The van der Waals surface area contributed by atoms with Crippen molar-refractivity contribution in [3.05, 3.63) is 77.6 Å². The molecule has 1 unspecified atom stereocenters. The molecule has 4 nitrogen and oxygen atoms in total. The molecule has 0 N–H and O–H groups in total. The molecule has 0 aliphatic carbocycles. The van der Waals surface area contributed by atoms with Crippen LogP contribution in [-0.4, -0.2) is 27.1 Å². The Labute approximate surface area is 160 Å². The molecule has 1 amide bonds. The number of rotatable bonds is 4. The minimum atomic E-state index is 0.119. The van der Waals surface area contributed by atoms with Crippen LogP contribution >= 0.6 is 0 Å². The quantitative estimate of drug-likeness (QED) is 0.667. The Hall–Kier alpha value is -2.88. The van der Waals surface area contributed by atoms with Crippen molar-refractivity contribution in [1.82, 2.24) is 14.7 Å². The van der Waals surface area contributed by atoms with E-state index in [9.17, 15) is 4.79 Å². The molecule has 0 spiro atoms. The lowest BCUT2D eigenvalue weighted by Crippen LogP contribution is -2.30. The van der Waals surface area contributed by atoms with Crippen molar-refractivity contribution in [2.75, 3.05) is 6.54 Å². The molecule has 4 heteroatoms. The minimum Gasteiger partial charge on any atom is -0.332 e. The fraction of sp³-hybridized carbons (Fsp3) is 0.304. The summed E-state index contributed by atoms with van der Waals surface area (Å²) in [5.41, 5.74) is 5.22. The van der Waals surface area contributed by atoms with E-state index in [0.29, 0.717) is 0 Å². The van der Waals surface area contributed by atoms with Gasteiger partial charge in [0.15, 0.2) is 0 Å². The van der Waals surface area contributed by atoms with Gasteiger partial charge in [0, 0.05) is 30.4 Å². The molecule has 2 aromatic carbocycles. The van der Waals surface area contributed by atoms with E-state index in [0.717, 1.165) is 48.3 Å². The third-order valence-electron chi connectivity index (χ3n) is 5.41. The van der Waals surface area contributed by atoms with Crippen LogP contribution in [0.15, 0.2) is 60.8 Å². The molecule has 1 fully saturated rings. The second-order valence-corrected chi connectivity index (χ2v) is 7.13. The highest BCUT2D eigenvalue weighted by Crippen LogP contribution is 2.33. The summed E-state index contributed by atoms with van der Waals surface area (Å²) in [6, 6.07) is 18.5. The van der Waals surface area contributed by atoms with E-state index in [1.807, 2.05) is 59.0 Å². The number of likely N-dealkylation sites (tertiary alicyclic amines) is 1. The number of benzene rings is 2. The zero-order valence-electron chi connectivity index (χ0n) is 15.9. The number of hydrogen-bond acceptors (Lipinski definition) is 2. The first-order valence-electron chi connectivity index (χ1n) is 9.67. The van der Waals surface area contributed by atoms with Crippen molar-refractivity contribution in [3.8, 4) is 11.1 Å². The van der Waals surface area contributed by atoms with Gasteiger partial charge in [-0.05, 0) is 49.9 Å². The number of aromatic nitrogens is 2. The largest absolute Gasteiger partial charge is 0.332 e. The second kappa shape index (κ2) is 7.39. The second-order valence-electron chi connectivity index (χ2n) is 7.13. The van der Waals surface area contributed by atoms with Gasteiger partial charge in [0.1, 0.15) is 0 Å². The lowest BCUT2D eigenvalue weighted by molar-refractivity contribution is 0.0735. The SMILES string of the molecule is CCn1cc(-c2ccc(C(=O)N3CCCC3c3ccccc3)cc2)c(C)n1. The Kier molecular flexibility index (Phi) is 4.80. The molecular weight excluding hydrogens is 334 g/mol. The highest BCUT2D eigenvalue weighted by molar-refractivity contribution is 5.95. The molecule has 3 aromatic rings. The van der Waals surface area contributed by atoms with Gasteiger partial charge in [-0.1, -0.05) is 42.5 Å². The Bertz CT molecular complexity index is 928. The molecule has 4 rings (SSSR count). The maximum atomic E-state index is 13.1. The summed E-state index contributed by atoms with van der Waals surface area (Å²) in [6.45, 7) is 5.78. The van der Waals surface area contributed by atoms with Crippen molar-refractivity contribution in [2.24, 2.45) is 0 Å². The predicted octanol–water partition coefficient (Wildman–Crippen LogP) is 4.86. The summed E-state index contributed by atoms with van der Waals surface area (Å²) in [5.74, 6) is 0.119. The fourth-order valence-corrected chi connectivity index (χ4v) is 3.95. The maximum absolute atomic E-state index is 13.1. The molecule has 1 aromatic heterocycles. The monoisotopic (exact) mass is 359 g/mol. The van der Waals surface area contributed by atoms with Crippen LogP contribution in [0.2, 0.25) is 0 Å². The average Bonchev–Trinajstić information content (AvgIpc) is 3.35. The van der Waals surface area contributed by atoms with Crippen LogP contribution in [0.25, 0.3) is 11.1 Å². The third kappa shape index (κ3) is 3.39. The van der Waals surface area contributed by atoms with Crippen LogP contribution in [0.5, 0.6) is 0 Å². The van der Waals surface area contributed by atoms with Gasteiger partial charge < -0.3 is 4.90 Å². The van der Waals surface area contributed by atoms with Gasteiger partial charge in [0.25, 0.3) is 5.91 Å². The number of aryl methyl sites for hydroxylation is 2. The average molecular weight is 359 g/mol. The van der Waals surface area contributed by atoms with Crippen LogP contribution in [0, 0.1) is 6.92 Å². The van der Waals surface area contributed by atoms with Crippen LogP contribution in [0.1, 0.15) is 47.4 Å². The first kappa shape index (κ1) is 17.5. The molecule has 138 valence electrons. The summed E-state index contributed by atoms with van der Waals surface area (Å²) in [6.07, 6.45) is 4.15. The summed E-state index contributed by atoms with van der Waals surface area (Å²) in [7, 11) is 0. The first-order valence-corrected chi connectivity index (χ1v) is 9.67. The Morgan fingerprint density at radius 2 is 1.85 bits per heavy atom. The summed E-state index contributed by atoms with van der Waals surface area (Å²) < 4.78 is 1.94. The smallest absolute Gasteiger partial charge is 0.254 e. The topological polar surface area (TPSA) is 38.1 Å². The van der Waals surface area contributed by atoms with Gasteiger partial charge in [0.05, 0.1) is 11.7 Å². The van der Waals surface area contributed by atoms with Crippen LogP contribution < -0.4 is 0 Å². The number of hydrogen-bond donors (Lipinski definition) is 0. The summed E-state index contributed by atoms with van der Waals surface area (Å²) in [4.78, 5) is 15.1. The Morgan fingerprint density at radius 1 is 1.11 bits per heavy atom. The van der Waals surface area contributed by atoms with Crippen molar-refractivity contribution in [3.63, 3.8) is 0 Å². The van der Waals surface area contributed by atoms with E-state index in [2.05, 4.69) is 30.4 Å². The van der Waals surface area contributed by atoms with Gasteiger partial charge in [-0.25, -0.2) is 0 Å². The van der Waals surface area contributed by atoms with E-state index >= 15 is 0 Å². The van der Waals surface area contributed by atoms with Crippen molar-refractivity contribution in [1.29, 1.82) is 0 Å². The van der Waals surface area contributed by atoms with Gasteiger partial charge >= 0.3 is 0 Å². The zero-order valence-corrected chi connectivity index (χ0v) is 15.9. The standard InChI is InChI=1S/C23H25N3O/c1-3-25-16-21(17(2)24-25)18-11-13-20(14-12-18)23(27)26-15-7-10-22(26)19-8-5-4-6-9-19/h4-6,8-9,11-14,16,22H,3,7,10,15H2,1-2H3. The molecular formula is C23H25N3O. The van der Waals surface area contributed by atoms with Crippen molar-refractivity contribution >= 4 is 5.91 Å². The number of amides is 1. The molecule has 0 bridgehead atoms. The summed E-state index contributed by atoms with van der Waals surface area (Å²) in [5, 5.41) is 4.51. The predicted molar refractivity (Wildman–Crippen MR) is 108 cm³/mol. The van der Waals surface area contributed by atoms with Gasteiger partial charge in [-0.15, -0.1) is 0 Å². The molecule has 1 aliphatic heterocycles. The maximum Gasteiger partial charge on any atom is 0.254 e. The fourth-order valence-electron chi connectivity index (χ4n) is 3.95. The Morgan fingerprint density at radius 3 is 2.52 bits per heavy atom. The highest BCUT2D eigenvalue weighted by atomic mass is 16.2. The van der Waals surface area contributed by atoms with Gasteiger partial charge in [-0.2, -0.15) is 5.10 Å². The minimum absolute atomic E-state index is 0.119. The Balaban J connectivity index is 1.56. The molecule has 0 saturated carbocycles. The van der Waals surface area contributed by atoms with E-state index in [1.165, 1.54) is 5.56 Å². The number of carbonyl (C=O) groups is 1. The van der Waals surface area contributed by atoms with E-state index in [1.54, 1.807) is 0 Å². The number of nitrogens with zero attached hydrogens (tertiary/aromatic N) is 3. The molecule has 1 aliphatic rings. The summed E-state index contributed by atoms with van der Waals surface area (Å²) >= 11 is 0. The molecule has 1 atom stereocenters.